The number of carbonyl (C=O) groups excluding carboxylic acids is 2. The number of amides is 3. The molecule has 2 N–H and O–H groups in total. The first-order valence-electron chi connectivity index (χ1n) is 14.8. The van der Waals surface area contributed by atoms with Crippen LogP contribution in [0.4, 0.5) is 10.5 Å². The molecule has 0 aromatic heterocycles. The molecule has 2 aliphatic heterocycles. The molecule has 3 aliphatic rings. The van der Waals surface area contributed by atoms with Crippen LogP contribution in [0.15, 0.2) is 18.2 Å². The number of carbonyl (C=O) groups is 2. The normalized spacial score (nSPS) is 26.6. The van der Waals surface area contributed by atoms with Gasteiger partial charge in [0.05, 0.1) is 11.7 Å². The van der Waals surface area contributed by atoms with Gasteiger partial charge in [0.15, 0.2) is 0 Å². The maximum Gasteiger partial charge on any atom is 0.319 e. The number of urea groups is 1. The molecule has 2 fully saturated rings. The van der Waals surface area contributed by atoms with E-state index >= 15 is 0 Å². The van der Waals surface area contributed by atoms with Crippen LogP contribution in [0.25, 0.3) is 0 Å². The molecule has 3 atom stereocenters. The highest BCUT2D eigenvalue weighted by Gasteiger charge is 2.30. The second kappa shape index (κ2) is 14.3. The van der Waals surface area contributed by atoms with Crippen LogP contribution in [-0.2, 0) is 9.47 Å². The van der Waals surface area contributed by atoms with E-state index in [0.717, 1.165) is 64.8 Å². The summed E-state index contributed by atoms with van der Waals surface area (Å²) in [5.74, 6) is 1.21. The zero-order chi connectivity index (χ0) is 27.8. The second-order valence-corrected chi connectivity index (χ2v) is 11.8. The lowest BCUT2D eigenvalue weighted by atomic mass is 9.96. The van der Waals surface area contributed by atoms with Gasteiger partial charge in [0, 0.05) is 64.8 Å². The Labute approximate surface area is 233 Å². The zero-order valence-electron chi connectivity index (χ0n) is 24.2. The summed E-state index contributed by atoms with van der Waals surface area (Å²) in [6.07, 6.45) is 7.60. The molecule has 4 rings (SSSR count). The third-order valence-electron chi connectivity index (χ3n) is 8.61. The van der Waals surface area contributed by atoms with Crippen molar-refractivity contribution in [3.8, 4) is 5.75 Å². The average Bonchev–Trinajstić information content (AvgIpc) is 2.94. The van der Waals surface area contributed by atoms with Crippen molar-refractivity contribution in [2.24, 2.45) is 11.8 Å². The average molecular weight is 545 g/mol. The number of hydrogen-bond acceptors (Lipinski definition) is 6. The number of hydrogen-bond donors (Lipinski definition) is 2. The molecule has 1 saturated heterocycles. The molecule has 2 heterocycles. The smallest absolute Gasteiger partial charge is 0.319 e. The van der Waals surface area contributed by atoms with Crippen molar-refractivity contribution >= 4 is 17.6 Å². The summed E-state index contributed by atoms with van der Waals surface area (Å²) in [6.45, 7) is 8.84. The molecule has 1 aliphatic carbocycles. The maximum atomic E-state index is 13.6. The third-order valence-corrected chi connectivity index (χ3v) is 8.61. The SMILES string of the molecule is CO[C@H]1CN(C)C(=O)c2cc(NC(=O)NC3CCCCC3)ccc2OC[C@H](C)N(CC2CCOCC2)C[C@H]1C. The van der Waals surface area contributed by atoms with E-state index in [1.807, 2.05) is 6.07 Å². The van der Waals surface area contributed by atoms with E-state index in [4.69, 9.17) is 14.2 Å². The summed E-state index contributed by atoms with van der Waals surface area (Å²) >= 11 is 0. The molecule has 0 bridgehead atoms. The third kappa shape index (κ3) is 8.32. The van der Waals surface area contributed by atoms with Gasteiger partial charge in [-0.15, -0.1) is 0 Å². The minimum atomic E-state index is -0.234. The van der Waals surface area contributed by atoms with Crippen molar-refractivity contribution in [2.45, 2.75) is 77.0 Å². The van der Waals surface area contributed by atoms with Crippen molar-refractivity contribution in [1.29, 1.82) is 0 Å². The van der Waals surface area contributed by atoms with Crippen LogP contribution in [0.3, 0.4) is 0 Å². The summed E-state index contributed by atoms with van der Waals surface area (Å²) in [5.41, 5.74) is 1.02. The van der Waals surface area contributed by atoms with Gasteiger partial charge in [0.2, 0.25) is 0 Å². The quantitative estimate of drug-likeness (QED) is 0.572. The lowest BCUT2D eigenvalue weighted by Gasteiger charge is -2.38. The number of likely N-dealkylation sites (N-methyl/N-ethyl adjacent to an activating group) is 1. The first kappa shape index (κ1) is 29.6. The minimum Gasteiger partial charge on any atom is -0.491 e. The van der Waals surface area contributed by atoms with Crippen molar-refractivity contribution in [2.75, 3.05) is 58.9 Å². The molecule has 1 saturated carbocycles. The summed E-state index contributed by atoms with van der Waals surface area (Å²) in [5, 5.41) is 6.01. The highest BCUT2D eigenvalue weighted by Crippen LogP contribution is 2.27. The Kier molecular flexibility index (Phi) is 10.9. The molecule has 9 nitrogen and oxygen atoms in total. The van der Waals surface area contributed by atoms with Gasteiger partial charge in [-0.05, 0) is 62.6 Å². The van der Waals surface area contributed by atoms with Crippen LogP contribution in [0.1, 0.15) is 69.2 Å². The Bertz CT molecular complexity index is 947. The summed E-state index contributed by atoms with van der Waals surface area (Å²) in [6, 6.07) is 5.47. The monoisotopic (exact) mass is 544 g/mol. The van der Waals surface area contributed by atoms with Crippen molar-refractivity contribution in [1.82, 2.24) is 15.1 Å². The molecule has 9 heteroatoms. The number of benzene rings is 1. The Morgan fingerprint density at radius 2 is 1.82 bits per heavy atom. The Morgan fingerprint density at radius 3 is 2.54 bits per heavy atom. The molecule has 1 aromatic carbocycles. The first-order valence-corrected chi connectivity index (χ1v) is 14.8. The number of nitrogens with one attached hydrogen (secondary N) is 2. The first-order chi connectivity index (χ1) is 18.8. The van der Waals surface area contributed by atoms with Crippen molar-refractivity contribution in [3.05, 3.63) is 23.8 Å². The molecular weight excluding hydrogens is 496 g/mol. The fraction of sp³-hybridized carbons (Fsp3) is 0.733. The van der Waals surface area contributed by atoms with Gasteiger partial charge >= 0.3 is 6.03 Å². The lowest BCUT2D eigenvalue weighted by Crippen LogP contribution is -2.48. The van der Waals surface area contributed by atoms with Crippen LogP contribution in [0.2, 0.25) is 0 Å². The summed E-state index contributed by atoms with van der Waals surface area (Å²) in [7, 11) is 3.52. The molecular formula is C30H48N4O5. The van der Waals surface area contributed by atoms with E-state index in [1.165, 1.54) is 6.42 Å². The van der Waals surface area contributed by atoms with E-state index in [0.29, 0.717) is 36.1 Å². The van der Waals surface area contributed by atoms with Crippen LogP contribution in [0.5, 0.6) is 5.75 Å². The highest BCUT2D eigenvalue weighted by molar-refractivity contribution is 5.99. The summed E-state index contributed by atoms with van der Waals surface area (Å²) in [4.78, 5) is 30.5. The molecule has 0 spiro atoms. The maximum absolute atomic E-state index is 13.6. The van der Waals surface area contributed by atoms with E-state index < -0.39 is 0 Å². The number of methoxy groups -OCH3 is 1. The largest absolute Gasteiger partial charge is 0.491 e. The number of nitrogens with zero attached hydrogens (tertiary/aromatic N) is 2. The Hall–Kier alpha value is -2.36. The highest BCUT2D eigenvalue weighted by atomic mass is 16.5. The van der Waals surface area contributed by atoms with Gasteiger partial charge < -0.3 is 29.7 Å². The van der Waals surface area contributed by atoms with E-state index in [-0.39, 0.29) is 36.0 Å². The Morgan fingerprint density at radius 1 is 1.08 bits per heavy atom. The summed E-state index contributed by atoms with van der Waals surface area (Å²) < 4.78 is 17.8. The van der Waals surface area contributed by atoms with Crippen LogP contribution >= 0.6 is 0 Å². The van der Waals surface area contributed by atoms with E-state index in [2.05, 4.69) is 29.4 Å². The molecule has 3 amide bonds. The predicted molar refractivity (Wildman–Crippen MR) is 152 cm³/mol. The van der Waals surface area contributed by atoms with Gasteiger partial charge in [-0.3, -0.25) is 9.69 Å². The van der Waals surface area contributed by atoms with Crippen molar-refractivity contribution in [3.63, 3.8) is 0 Å². The lowest BCUT2D eigenvalue weighted by molar-refractivity contribution is 0.0000228. The second-order valence-electron chi connectivity index (χ2n) is 11.8. The molecule has 218 valence electrons. The fourth-order valence-corrected chi connectivity index (χ4v) is 6.04. The number of ether oxygens (including phenoxy) is 3. The van der Waals surface area contributed by atoms with Crippen molar-refractivity contribution < 1.29 is 23.8 Å². The molecule has 39 heavy (non-hydrogen) atoms. The molecule has 1 aromatic rings. The minimum absolute atomic E-state index is 0.102. The van der Waals surface area contributed by atoms with Gasteiger partial charge in [0.25, 0.3) is 5.91 Å². The Balaban J connectivity index is 1.52. The zero-order valence-corrected chi connectivity index (χ0v) is 24.2. The van der Waals surface area contributed by atoms with Crippen LogP contribution in [-0.4, -0.2) is 93.5 Å². The van der Waals surface area contributed by atoms with E-state index in [1.54, 1.807) is 31.2 Å². The standard InChI is InChI=1S/C30H48N4O5/c1-21-17-34(18-23-12-14-38-15-13-23)22(2)20-39-27-11-10-25(32-30(36)31-24-8-6-5-7-9-24)16-26(27)29(35)33(3)19-28(21)37-4/h10-11,16,21-24,28H,5-9,12-15,17-20H2,1-4H3,(H2,31,32,36)/t21-,22+,28+/m1/s1. The van der Waals surface area contributed by atoms with Gasteiger partial charge in [-0.25, -0.2) is 4.79 Å². The van der Waals surface area contributed by atoms with Gasteiger partial charge in [-0.1, -0.05) is 26.2 Å². The fourth-order valence-electron chi connectivity index (χ4n) is 6.04. The topological polar surface area (TPSA) is 92.4 Å². The molecule has 0 radical (unpaired) electrons. The predicted octanol–water partition coefficient (Wildman–Crippen LogP) is 4.37. The number of anilines is 1. The van der Waals surface area contributed by atoms with E-state index in [9.17, 15) is 9.59 Å². The number of fused-ring (bicyclic) bond motifs is 1. The van der Waals surface area contributed by atoms with Gasteiger partial charge in [-0.2, -0.15) is 0 Å². The number of rotatable bonds is 5. The van der Waals surface area contributed by atoms with Gasteiger partial charge in [0.1, 0.15) is 12.4 Å². The van der Waals surface area contributed by atoms with Crippen LogP contribution in [0, 0.1) is 11.8 Å². The van der Waals surface area contributed by atoms with Crippen LogP contribution < -0.4 is 15.4 Å². The molecule has 0 unspecified atom stereocenters.